The van der Waals surface area contributed by atoms with Crippen LogP contribution in [-0.2, 0) is 0 Å². The Labute approximate surface area is 57.0 Å². The van der Waals surface area contributed by atoms with Crippen LogP contribution in [0.1, 0.15) is 33.6 Å². The number of hydrogen-bond acceptors (Lipinski definition) is 0. The first kappa shape index (κ1) is 5.52. The van der Waals surface area contributed by atoms with Crippen molar-refractivity contribution in [1.29, 1.82) is 0 Å². The zero-order chi connectivity index (χ0) is 6.65. The zero-order valence-corrected chi connectivity index (χ0v) is 6.49. The Bertz CT molecular complexity index is 178. The highest BCUT2D eigenvalue weighted by Crippen LogP contribution is 2.62. The summed E-state index contributed by atoms with van der Waals surface area (Å²) in [7, 11) is 0. The van der Waals surface area contributed by atoms with Crippen LogP contribution in [0.5, 0.6) is 0 Å². The fourth-order valence-corrected chi connectivity index (χ4v) is 1.86. The van der Waals surface area contributed by atoms with Gasteiger partial charge in [0.05, 0.1) is 0 Å². The predicted octanol–water partition coefficient (Wildman–Crippen LogP) is 2.75. The Kier molecular flexibility index (Phi) is 0.769. The second-order valence-corrected chi connectivity index (χ2v) is 3.96. The first-order valence-corrected chi connectivity index (χ1v) is 3.86. The third-order valence-corrected chi connectivity index (χ3v) is 3.01. The summed E-state index contributed by atoms with van der Waals surface area (Å²) < 4.78 is 0. The van der Waals surface area contributed by atoms with E-state index in [9.17, 15) is 0 Å². The molecule has 0 aromatic heterocycles. The molecular formula is C9H14. The average molecular weight is 122 g/mol. The van der Waals surface area contributed by atoms with E-state index in [0.29, 0.717) is 5.41 Å². The molecule has 0 saturated heterocycles. The highest BCUT2D eigenvalue weighted by molar-refractivity contribution is 5.44. The van der Waals surface area contributed by atoms with E-state index in [-0.39, 0.29) is 0 Å². The van der Waals surface area contributed by atoms with Gasteiger partial charge in [-0.25, -0.2) is 0 Å². The van der Waals surface area contributed by atoms with E-state index in [1.165, 1.54) is 12.8 Å². The zero-order valence-electron chi connectivity index (χ0n) is 6.49. The molecule has 0 N–H and O–H groups in total. The molecule has 0 spiro atoms. The SMILES string of the molecule is CC1C(=C2CC2)C1(C)C. The van der Waals surface area contributed by atoms with Gasteiger partial charge < -0.3 is 0 Å². The molecule has 0 amide bonds. The highest BCUT2D eigenvalue weighted by Gasteiger charge is 2.51. The minimum atomic E-state index is 0.589. The van der Waals surface area contributed by atoms with Crippen molar-refractivity contribution in [3.8, 4) is 0 Å². The molecule has 0 heteroatoms. The standard InChI is InChI=1S/C9H14/c1-6-8(7-4-5-7)9(6,2)3/h6H,4-5H2,1-3H3. The van der Waals surface area contributed by atoms with Crippen LogP contribution in [0.2, 0.25) is 0 Å². The molecule has 2 fully saturated rings. The van der Waals surface area contributed by atoms with Gasteiger partial charge in [-0.1, -0.05) is 31.9 Å². The van der Waals surface area contributed by atoms with Crippen molar-refractivity contribution in [1.82, 2.24) is 0 Å². The number of hydrogen-bond donors (Lipinski definition) is 0. The van der Waals surface area contributed by atoms with Gasteiger partial charge in [0.15, 0.2) is 0 Å². The molecule has 2 rings (SSSR count). The van der Waals surface area contributed by atoms with E-state index in [2.05, 4.69) is 20.8 Å². The molecular weight excluding hydrogens is 108 g/mol. The Hall–Kier alpha value is -0.260. The van der Waals surface area contributed by atoms with Crippen LogP contribution in [0.15, 0.2) is 11.1 Å². The highest BCUT2D eigenvalue weighted by atomic mass is 14.6. The molecule has 2 saturated carbocycles. The molecule has 9 heavy (non-hydrogen) atoms. The smallest absolute Gasteiger partial charge is 0.00759 e. The second-order valence-electron chi connectivity index (χ2n) is 3.96. The monoisotopic (exact) mass is 122 g/mol. The third-order valence-electron chi connectivity index (χ3n) is 3.01. The summed E-state index contributed by atoms with van der Waals surface area (Å²) in [4.78, 5) is 0. The molecule has 0 radical (unpaired) electrons. The van der Waals surface area contributed by atoms with Gasteiger partial charge in [0.25, 0.3) is 0 Å². The van der Waals surface area contributed by atoms with E-state index in [1.54, 1.807) is 11.1 Å². The topological polar surface area (TPSA) is 0 Å². The van der Waals surface area contributed by atoms with Gasteiger partial charge in [-0.3, -0.25) is 0 Å². The summed E-state index contributed by atoms with van der Waals surface area (Å²) in [6, 6.07) is 0. The van der Waals surface area contributed by atoms with Crippen molar-refractivity contribution in [2.45, 2.75) is 33.6 Å². The van der Waals surface area contributed by atoms with Gasteiger partial charge in [0.2, 0.25) is 0 Å². The van der Waals surface area contributed by atoms with Crippen LogP contribution in [-0.4, -0.2) is 0 Å². The molecule has 0 aromatic carbocycles. The Balaban J connectivity index is 2.30. The Morgan fingerprint density at radius 2 is 1.78 bits per heavy atom. The van der Waals surface area contributed by atoms with Gasteiger partial charge in [-0.2, -0.15) is 0 Å². The van der Waals surface area contributed by atoms with Gasteiger partial charge in [0, 0.05) is 0 Å². The maximum atomic E-state index is 2.36. The van der Waals surface area contributed by atoms with E-state index < -0.39 is 0 Å². The summed E-state index contributed by atoms with van der Waals surface area (Å²) in [6.07, 6.45) is 2.81. The van der Waals surface area contributed by atoms with Gasteiger partial charge in [-0.15, -0.1) is 0 Å². The van der Waals surface area contributed by atoms with Crippen molar-refractivity contribution in [3.63, 3.8) is 0 Å². The summed E-state index contributed by atoms with van der Waals surface area (Å²) >= 11 is 0. The number of rotatable bonds is 0. The van der Waals surface area contributed by atoms with Crippen LogP contribution in [0.3, 0.4) is 0 Å². The van der Waals surface area contributed by atoms with Gasteiger partial charge in [-0.05, 0) is 24.2 Å². The lowest BCUT2D eigenvalue weighted by Crippen LogP contribution is -1.83. The number of allylic oxidation sites excluding steroid dienone is 2. The average Bonchev–Trinajstić information content (AvgIpc) is 2.54. The van der Waals surface area contributed by atoms with Crippen molar-refractivity contribution in [3.05, 3.63) is 11.1 Å². The Morgan fingerprint density at radius 1 is 1.33 bits per heavy atom. The maximum Gasteiger partial charge on any atom is -0.00759 e. The van der Waals surface area contributed by atoms with Crippen LogP contribution in [0.4, 0.5) is 0 Å². The van der Waals surface area contributed by atoms with Gasteiger partial charge >= 0.3 is 0 Å². The molecule has 2 aliphatic rings. The lowest BCUT2D eigenvalue weighted by molar-refractivity contribution is 0.596. The molecule has 0 bridgehead atoms. The molecule has 1 unspecified atom stereocenters. The molecule has 1 atom stereocenters. The van der Waals surface area contributed by atoms with E-state index >= 15 is 0 Å². The molecule has 2 aliphatic carbocycles. The van der Waals surface area contributed by atoms with E-state index in [4.69, 9.17) is 0 Å². The summed E-state index contributed by atoms with van der Waals surface area (Å²) in [5.41, 5.74) is 4.14. The Morgan fingerprint density at radius 3 is 1.89 bits per heavy atom. The second kappa shape index (κ2) is 1.25. The minimum Gasteiger partial charge on any atom is -0.0695 e. The van der Waals surface area contributed by atoms with Crippen molar-refractivity contribution in [2.75, 3.05) is 0 Å². The predicted molar refractivity (Wildman–Crippen MR) is 39.2 cm³/mol. The molecule has 0 aliphatic heterocycles. The van der Waals surface area contributed by atoms with Crippen molar-refractivity contribution < 1.29 is 0 Å². The summed E-state index contributed by atoms with van der Waals surface area (Å²) in [5, 5.41) is 0. The first-order chi connectivity index (χ1) is 4.14. The van der Waals surface area contributed by atoms with E-state index in [1.807, 2.05) is 0 Å². The summed E-state index contributed by atoms with van der Waals surface area (Å²) in [6.45, 7) is 7.07. The van der Waals surface area contributed by atoms with Crippen molar-refractivity contribution >= 4 is 0 Å². The normalized spacial score (nSPS) is 37.0. The van der Waals surface area contributed by atoms with Crippen LogP contribution < -0.4 is 0 Å². The van der Waals surface area contributed by atoms with Crippen molar-refractivity contribution in [2.24, 2.45) is 11.3 Å². The lowest BCUT2D eigenvalue weighted by Gasteiger charge is -1.92. The first-order valence-electron chi connectivity index (χ1n) is 3.86. The van der Waals surface area contributed by atoms with E-state index in [0.717, 1.165) is 5.92 Å². The largest absolute Gasteiger partial charge is 0.0695 e. The minimum absolute atomic E-state index is 0.589. The third kappa shape index (κ3) is 0.593. The maximum absolute atomic E-state index is 2.36. The molecule has 0 nitrogen and oxygen atoms in total. The fourth-order valence-electron chi connectivity index (χ4n) is 1.86. The van der Waals surface area contributed by atoms with Gasteiger partial charge in [0.1, 0.15) is 0 Å². The summed E-state index contributed by atoms with van der Waals surface area (Å²) in [5.74, 6) is 0.898. The fraction of sp³-hybridized carbons (Fsp3) is 0.778. The van der Waals surface area contributed by atoms with Crippen LogP contribution in [0, 0.1) is 11.3 Å². The van der Waals surface area contributed by atoms with Crippen LogP contribution >= 0.6 is 0 Å². The molecule has 0 heterocycles. The molecule has 50 valence electrons. The lowest BCUT2D eigenvalue weighted by atomic mass is 10.1. The van der Waals surface area contributed by atoms with Crippen LogP contribution in [0.25, 0.3) is 0 Å². The molecule has 0 aromatic rings. The quantitative estimate of drug-likeness (QED) is 0.433.